The average molecular weight is 292 g/mol. The van der Waals surface area contributed by atoms with Gasteiger partial charge in [0.05, 0.1) is 24.5 Å². The van der Waals surface area contributed by atoms with Crippen molar-refractivity contribution in [3.05, 3.63) is 35.9 Å². The average Bonchev–Trinajstić information content (AvgIpc) is 3.00. The third-order valence-corrected chi connectivity index (χ3v) is 3.16. The smallest absolute Gasteiger partial charge is 0.414 e. The van der Waals surface area contributed by atoms with Gasteiger partial charge in [-0.3, -0.25) is 4.90 Å². The van der Waals surface area contributed by atoms with Crippen LogP contribution in [0.4, 0.5) is 14.9 Å². The first kappa shape index (κ1) is 13.3. The summed E-state index contributed by atoms with van der Waals surface area (Å²) >= 11 is 0. The number of phenolic OH excluding ortho intramolecular Hbond substituents is 1. The van der Waals surface area contributed by atoms with E-state index in [1.54, 1.807) is 10.9 Å². The molecule has 1 aromatic carbocycles. The van der Waals surface area contributed by atoms with Crippen LogP contribution < -0.4 is 4.90 Å². The van der Waals surface area contributed by atoms with Gasteiger partial charge in [0.25, 0.3) is 0 Å². The van der Waals surface area contributed by atoms with Crippen molar-refractivity contribution in [2.75, 3.05) is 11.4 Å². The largest absolute Gasteiger partial charge is 0.505 e. The zero-order chi connectivity index (χ0) is 15.0. The standard InChI is InChI=1S/C13H13FN4O3/c1-8-5-17(16-15-8)6-10-7-18(13(20)21-10)9-2-3-12(19)11(14)4-9/h2-5,10,19H,6-7H2,1H3/t10-/m0/s1. The van der Waals surface area contributed by atoms with Gasteiger partial charge >= 0.3 is 6.09 Å². The number of hydrogen-bond acceptors (Lipinski definition) is 5. The van der Waals surface area contributed by atoms with Gasteiger partial charge in [-0.05, 0) is 19.1 Å². The first-order valence-corrected chi connectivity index (χ1v) is 6.36. The number of hydrogen-bond donors (Lipinski definition) is 1. The van der Waals surface area contributed by atoms with E-state index in [0.29, 0.717) is 12.2 Å². The Bertz CT molecular complexity index is 688. The molecule has 0 saturated carbocycles. The number of aryl methyl sites for hydroxylation is 1. The molecule has 1 aromatic heterocycles. The molecule has 0 bridgehead atoms. The summed E-state index contributed by atoms with van der Waals surface area (Å²) in [6, 6.07) is 3.76. The Labute approximate surface area is 119 Å². The highest BCUT2D eigenvalue weighted by atomic mass is 19.1. The van der Waals surface area contributed by atoms with Crippen molar-refractivity contribution in [2.24, 2.45) is 0 Å². The highest BCUT2D eigenvalue weighted by Crippen LogP contribution is 2.26. The third kappa shape index (κ3) is 2.64. The number of anilines is 1. The number of amides is 1. The minimum absolute atomic E-state index is 0.280. The maximum atomic E-state index is 13.4. The number of halogens is 1. The Morgan fingerprint density at radius 1 is 1.52 bits per heavy atom. The molecule has 2 aromatic rings. The summed E-state index contributed by atoms with van der Waals surface area (Å²) in [5.74, 6) is -1.24. The Morgan fingerprint density at radius 2 is 2.33 bits per heavy atom. The van der Waals surface area contributed by atoms with E-state index in [2.05, 4.69) is 10.3 Å². The highest BCUT2D eigenvalue weighted by molar-refractivity contribution is 5.89. The third-order valence-electron chi connectivity index (χ3n) is 3.16. The summed E-state index contributed by atoms with van der Waals surface area (Å²) in [4.78, 5) is 13.2. The molecule has 2 heterocycles. The van der Waals surface area contributed by atoms with Crippen molar-refractivity contribution in [3.63, 3.8) is 0 Å². The fourth-order valence-corrected chi connectivity index (χ4v) is 2.18. The normalized spacial score (nSPS) is 18.1. The van der Waals surface area contributed by atoms with Crippen molar-refractivity contribution < 1.29 is 19.0 Å². The second-order valence-electron chi connectivity index (χ2n) is 4.83. The predicted octanol–water partition coefficient (Wildman–Crippen LogP) is 1.46. The van der Waals surface area contributed by atoms with E-state index in [1.165, 1.54) is 17.0 Å². The lowest BCUT2D eigenvalue weighted by molar-refractivity contribution is 0.129. The molecule has 0 radical (unpaired) electrons. The molecule has 0 unspecified atom stereocenters. The van der Waals surface area contributed by atoms with Crippen LogP contribution in [0.1, 0.15) is 5.69 Å². The highest BCUT2D eigenvalue weighted by Gasteiger charge is 2.33. The molecule has 3 rings (SSSR count). The molecule has 1 N–H and O–H groups in total. The zero-order valence-electron chi connectivity index (χ0n) is 11.2. The number of aromatic hydroxyl groups is 1. The van der Waals surface area contributed by atoms with E-state index in [1.807, 2.05) is 6.92 Å². The van der Waals surface area contributed by atoms with E-state index in [-0.39, 0.29) is 6.54 Å². The fraction of sp³-hybridized carbons (Fsp3) is 0.308. The second-order valence-corrected chi connectivity index (χ2v) is 4.83. The fourth-order valence-electron chi connectivity index (χ4n) is 2.18. The number of benzene rings is 1. The molecule has 21 heavy (non-hydrogen) atoms. The summed E-state index contributed by atoms with van der Waals surface area (Å²) in [5.41, 5.74) is 1.12. The SMILES string of the molecule is Cc1cn(C[C@H]2CN(c3ccc(O)c(F)c3)C(=O)O2)nn1. The van der Waals surface area contributed by atoms with E-state index < -0.39 is 23.8 Å². The number of cyclic esters (lactones) is 1. The topological polar surface area (TPSA) is 80.5 Å². The molecule has 110 valence electrons. The Balaban J connectivity index is 1.73. The minimum Gasteiger partial charge on any atom is -0.505 e. The van der Waals surface area contributed by atoms with Crippen LogP contribution in [-0.4, -0.2) is 38.8 Å². The van der Waals surface area contributed by atoms with Crippen molar-refractivity contribution in [1.29, 1.82) is 0 Å². The maximum absolute atomic E-state index is 13.4. The molecule has 1 atom stereocenters. The van der Waals surface area contributed by atoms with E-state index >= 15 is 0 Å². The monoisotopic (exact) mass is 292 g/mol. The van der Waals surface area contributed by atoms with E-state index in [9.17, 15) is 14.3 Å². The van der Waals surface area contributed by atoms with Gasteiger partial charge in [0.15, 0.2) is 11.6 Å². The van der Waals surface area contributed by atoms with Crippen LogP contribution in [-0.2, 0) is 11.3 Å². The molecular weight excluding hydrogens is 279 g/mol. The van der Waals surface area contributed by atoms with E-state index in [0.717, 1.165) is 11.8 Å². The summed E-state index contributed by atoms with van der Waals surface area (Å²) in [5, 5.41) is 16.9. The number of carbonyl (C=O) groups is 1. The summed E-state index contributed by atoms with van der Waals surface area (Å²) in [6.07, 6.45) is 0.800. The van der Waals surface area contributed by atoms with Crippen molar-refractivity contribution in [2.45, 2.75) is 19.6 Å². The number of carbonyl (C=O) groups excluding carboxylic acids is 1. The lowest BCUT2D eigenvalue weighted by atomic mass is 10.2. The Hall–Kier alpha value is -2.64. The number of phenols is 1. The summed E-state index contributed by atoms with van der Waals surface area (Å²) < 4.78 is 20.2. The number of nitrogens with zero attached hydrogens (tertiary/aromatic N) is 4. The number of aromatic nitrogens is 3. The number of ether oxygens (including phenoxy) is 1. The van der Waals surface area contributed by atoms with Gasteiger partial charge in [-0.2, -0.15) is 0 Å². The van der Waals surface area contributed by atoms with Gasteiger partial charge in [-0.25, -0.2) is 13.9 Å². The van der Waals surface area contributed by atoms with Crippen LogP contribution in [0.2, 0.25) is 0 Å². The van der Waals surface area contributed by atoms with Crippen LogP contribution in [0.25, 0.3) is 0 Å². The van der Waals surface area contributed by atoms with Gasteiger partial charge in [0.1, 0.15) is 6.10 Å². The van der Waals surface area contributed by atoms with Crippen molar-refractivity contribution in [1.82, 2.24) is 15.0 Å². The molecule has 8 heteroatoms. The van der Waals surface area contributed by atoms with Crippen molar-refractivity contribution >= 4 is 11.8 Å². The quantitative estimate of drug-likeness (QED) is 0.926. The molecule has 1 aliphatic heterocycles. The zero-order valence-corrected chi connectivity index (χ0v) is 11.2. The molecule has 0 spiro atoms. The van der Waals surface area contributed by atoms with E-state index in [4.69, 9.17) is 4.74 Å². The summed E-state index contributed by atoms with van der Waals surface area (Å²) in [6.45, 7) is 2.47. The first-order valence-electron chi connectivity index (χ1n) is 6.36. The molecule has 1 fully saturated rings. The van der Waals surface area contributed by atoms with Crippen LogP contribution in [0.5, 0.6) is 5.75 Å². The minimum atomic E-state index is -0.782. The Kier molecular flexibility index (Phi) is 3.20. The number of rotatable bonds is 3. The van der Waals surface area contributed by atoms with Gasteiger partial charge in [0.2, 0.25) is 0 Å². The van der Waals surface area contributed by atoms with Crippen LogP contribution in [0.15, 0.2) is 24.4 Å². The molecule has 1 amide bonds. The van der Waals surface area contributed by atoms with Crippen LogP contribution >= 0.6 is 0 Å². The lowest BCUT2D eigenvalue weighted by Crippen LogP contribution is -2.26. The van der Waals surface area contributed by atoms with Gasteiger partial charge in [-0.1, -0.05) is 5.21 Å². The predicted molar refractivity (Wildman–Crippen MR) is 70.4 cm³/mol. The first-order chi connectivity index (χ1) is 10.0. The molecule has 7 nitrogen and oxygen atoms in total. The van der Waals surface area contributed by atoms with Gasteiger partial charge < -0.3 is 9.84 Å². The molecule has 1 saturated heterocycles. The van der Waals surface area contributed by atoms with Crippen LogP contribution in [0.3, 0.4) is 0 Å². The Morgan fingerprint density at radius 3 is 3.00 bits per heavy atom. The summed E-state index contributed by atoms with van der Waals surface area (Å²) in [7, 11) is 0. The van der Waals surface area contributed by atoms with Crippen LogP contribution in [0, 0.1) is 12.7 Å². The molecular formula is C13H13FN4O3. The second kappa shape index (κ2) is 5.04. The molecule has 0 aliphatic carbocycles. The van der Waals surface area contributed by atoms with Crippen molar-refractivity contribution in [3.8, 4) is 5.75 Å². The van der Waals surface area contributed by atoms with Gasteiger partial charge in [-0.15, -0.1) is 5.10 Å². The lowest BCUT2D eigenvalue weighted by Gasteiger charge is -2.13. The van der Waals surface area contributed by atoms with Gasteiger partial charge in [0, 0.05) is 12.3 Å². The maximum Gasteiger partial charge on any atom is 0.414 e. The molecule has 1 aliphatic rings.